The SMILES string of the molecule is COc1ccc(Oc2cc(C(C)=O)ccn2)c(Br)c1. The Morgan fingerprint density at radius 3 is 2.68 bits per heavy atom. The molecule has 19 heavy (non-hydrogen) atoms. The molecule has 0 unspecified atom stereocenters. The van der Waals surface area contributed by atoms with Crippen LogP contribution in [-0.4, -0.2) is 17.9 Å². The zero-order chi connectivity index (χ0) is 13.8. The molecule has 0 spiro atoms. The third-order valence-electron chi connectivity index (χ3n) is 2.49. The van der Waals surface area contributed by atoms with Crippen molar-refractivity contribution in [3.8, 4) is 17.4 Å². The molecule has 1 aromatic heterocycles. The fourth-order valence-electron chi connectivity index (χ4n) is 1.49. The number of methoxy groups -OCH3 is 1. The molecule has 0 bridgehead atoms. The molecule has 2 aromatic rings. The lowest BCUT2D eigenvalue weighted by Crippen LogP contribution is -1.95. The molecule has 98 valence electrons. The van der Waals surface area contributed by atoms with Gasteiger partial charge in [-0.15, -0.1) is 0 Å². The Kier molecular flexibility index (Phi) is 4.16. The van der Waals surface area contributed by atoms with Crippen molar-refractivity contribution in [3.05, 3.63) is 46.6 Å². The van der Waals surface area contributed by atoms with Gasteiger partial charge >= 0.3 is 0 Å². The van der Waals surface area contributed by atoms with Crippen LogP contribution in [0.15, 0.2) is 41.0 Å². The van der Waals surface area contributed by atoms with Crippen molar-refractivity contribution in [1.82, 2.24) is 4.98 Å². The van der Waals surface area contributed by atoms with Crippen molar-refractivity contribution in [1.29, 1.82) is 0 Å². The molecular formula is C14H12BrNO3. The van der Waals surface area contributed by atoms with Gasteiger partial charge in [0.05, 0.1) is 11.6 Å². The average molecular weight is 322 g/mol. The van der Waals surface area contributed by atoms with E-state index >= 15 is 0 Å². The summed E-state index contributed by atoms with van der Waals surface area (Å²) in [6.45, 7) is 1.50. The minimum atomic E-state index is -0.0268. The normalized spacial score (nSPS) is 10.1. The third kappa shape index (κ3) is 3.32. The second-order valence-electron chi connectivity index (χ2n) is 3.84. The Morgan fingerprint density at radius 1 is 1.26 bits per heavy atom. The van der Waals surface area contributed by atoms with E-state index in [1.165, 1.54) is 6.92 Å². The van der Waals surface area contributed by atoms with Crippen LogP contribution >= 0.6 is 15.9 Å². The first-order chi connectivity index (χ1) is 9.10. The molecule has 0 aliphatic carbocycles. The number of nitrogens with zero attached hydrogens (tertiary/aromatic N) is 1. The van der Waals surface area contributed by atoms with E-state index in [2.05, 4.69) is 20.9 Å². The Labute approximate surface area is 119 Å². The predicted octanol–water partition coefficient (Wildman–Crippen LogP) is 3.85. The number of aromatic nitrogens is 1. The summed E-state index contributed by atoms with van der Waals surface area (Å²) < 4.78 is 11.5. The number of pyridine rings is 1. The number of halogens is 1. The van der Waals surface area contributed by atoms with Crippen molar-refractivity contribution in [3.63, 3.8) is 0 Å². The maximum Gasteiger partial charge on any atom is 0.219 e. The van der Waals surface area contributed by atoms with Crippen molar-refractivity contribution in [2.24, 2.45) is 0 Å². The molecule has 0 atom stereocenters. The molecule has 0 aliphatic rings. The monoisotopic (exact) mass is 321 g/mol. The lowest BCUT2D eigenvalue weighted by Gasteiger charge is -2.08. The maximum absolute atomic E-state index is 11.3. The van der Waals surface area contributed by atoms with Gasteiger partial charge in [0.2, 0.25) is 5.88 Å². The second-order valence-corrected chi connectivity index (χ2v) is 4.69. The van der Waals surface area contributed by atoms with Crippen molar-refractivity contribution in [2.75, 3.05) is 7.11 Å². The number of carbonyl (C=O) groups excluding carboxylic acids is 1. The number of benzene rings is 1. The van der Waals surface area contributed by atoms with E-state index in [9.17, 15) is 4.79 Å². The van der Waals surface area contributed by atoms with Crippen LogP contribution in [0.3, 0.4) is 0 Å². The van der Waals surface area contributed by atoms with Crippen molar-refractivity contribution in [2.45, 2.75) is 6.92 Å². The van der Waals surface area contributed by atoms with Gasteiger partial charge in [-0.2, -0.15) is 0 Å². The Morgan fingerprint density at radius 2 is 2.05 bits per heavy atom. The van der Waals surface area contributed by atoms with Crippen LogP contribution < -0.4 is 9.47 Å². The summed E-state index contributed by atoms with van der Waals surface area (Å²) in [4.78, 5) is 15.4. The molecule has 2 rings (SSSR count). The molecule has 0 saturated carbocycles. The number of ketones is 1. The van der Waals surface area contributed by atoms with Gasteiger partial charge in [-0.05, 0) is 47.1 Å². The summed E-state index contributed by atoms with van der Waals surface area (Å²) in [5, 5.41) is 0. The highest BCUT2D eigenvalue weighted by atomic mass is 79.9. The lowest BCUT2D eigenvalue weighted by atomic mass is 10.2. The third-order valence-corrected chi connectivity index (χ3v) is 3.11. The first-order valence-corrected chi connectivity index (χ1v) is 6.38. The molecule has 5 heteroatoms. The summed E-state index contributed by atoms with van der Waals surface area (Å²) in [5.41, 5.74) is 0.564. The van der Waals surface area contributed by atoms with E-state index in [0.29, 0.717) is 17.2 Å². The van der Waals surface area contributed by atoms with E-state index in [0.717, 1.165) is 10.2 Å². The molecule has 4 nitrogen and oxygen atoms in total. The van der Waals surface area contributed by atoms with Gasteiger partial charge in [-0.3, -0.25) is 4.79 Å². The molecule has 0 aliphatic heterocycles. The van der Waals surface area contributed by atoms with Crippen molar-refractivity contribution < 1.29 is 14.3 Å². The quantitative estimate of drug-likeness (QED) is 0.802. The first kappa shape index (κ1) is 13.5. The summed E-state index contributed by atoms with van der Waals surface area (Å²) in [7, 11) is 1.60. The number of hydrogen-bond donors (Lipinski definition) is 0. The molecule has 0 saturated heterocycles. The van der Waals surface area contributed by atoms with Crippen LogP contribution in [0.2, 0.25) is 0 Å². The van der Waals surface area contributed by atoms with Gasteiger partial charge in [0.25, 0.3) is 0 Å². The molecule has 1 aromatic carbocycles. The van der Waals surface area contributed by atoms with E-state index < -0.39 is 0 Å². The number of carbonyl (C=O) groups is 1. The van der Waals surface area contributed by atoms with Crippen LogP contribution in [0, 0.1) is 0 Å². The van der Waals surface area contributed by atoms with Crippen molar-refractivity contribution >= 4 is 21.7 Å². The summed E-state index contributed by atoms with van der Waals surface area (Å²) in [6, 6.07) is 8.61. The molecule has 0 amide bonds. The topological polar surface area (TPSA) is 48.4 Å². The summed E-state index contributed by atoms with van der Waals surface area (Å²) >= 11 is 3.39. The molecule has 0 fully saturated rings. The molecular weight excluding hydrogens is 310 g/mol. The zero-order valence-corrected chi connectivity index (χ0v) is 12.1. The molecule has 0 radical (unpaired) electrons. The Hall–Kier alpha value is -1.88. The van der Waals surface area contributed by atoms with Crippen LogP contribution in [-0.2, 0) is 0 Å². The number of ether oxygens (including phenoxy) is 2. The number of hydrogen-bond acceptors (Lipinski definition) is 4. The fraction of sp³-hybridized carbons (Fsp3) is 0.143. The predicted molar refractivity (Wildman–Crippen MR) is 75.0 cm³/mol. The lowest BCUT2D eigenvalue weighted by molar-refractivity contribution is 0.101. The van der Waals surface area contributed by atoms with Gasteiger partial charge in [0, 0.05) is 17.8 Å². The van der Waals surface area contributed by atoms with E-state index in [-0.39, 0.29) is 5.78 Å². The summed E-state index contributed by atoms with van der Waals surface area (Å²) in [6.07, 6.45) is 1.55. The maximum atomic E-state index is 11.3. The Bertz CT molecular complexity index is 613. The van der Waals surface area contributed by atoms with Crippen LogP contribution in [0.4, 0.5) is 0 Å². The summed E-state index contributed by atoms with van der Waals surface area (Å²) in [5.74, 6) is 1.68. The smallest absolute Gasteiger partial charge is 0.219 e. The minimum absolute atomic E-state index is 0.0268. The highest BCUT2D eigenvalue weighted by molar-refractivity contribution is 9.10. The fourth-order valence-corrected chi connectivity index (χ4v) is 1.93. The van der Waals surface area contributed by atoms with Gasteiger partial charge < -0.3 is 9.47 Å². The zero-order valence-electron chi connectivity index (χ0n) is 10.5. The number of Topliss-reactive ketones (excluding diaryl/α,β-unsaturated/α-hetero) is 1. The first-order valence-electron chi connectivity index (χ1n) is 5.58. The van der Waals surface area contributed by atoms with E-state index in [4.69, 9.17) is 9.47 Å². The van der Waals surface area contributed by atoms with Gasteiger partial charge in [0.15, 0.2) is 5.78 Å². The van der Waals surface area contributed by atoms with Gasteiger partial charge in [-0.1, -0.05) is 0 Å². The van der Waals surface area contributed by atoms with E-state index in [1.54, 1.807) is 43.6 Å². The van der Waals surface area contributed by atoms with E-state index in [1.807, 2.05) is 0 Å². The number of rotatable bonds is 4. The van der Waals surface area contributed by atoms with Gasteiger partial charge in [-0.25, -0.2) is 4.98 Å². The van der Waals surface area contributed by atoms with Crippen LogP contribution in [0.5, 0.6) is 17.4 Å². The highest BCUT2D eigenvalue weighted by Crippen LogP contribution is 2.32. The molecule has 1 heterocycles. The molecule has 0 N–H and O–H groups in total. The van der Waals surface area contributed by atoms with Crippen LogP contribution in [0.1, 0.15) is 17.3 Å². The second kappa shape index (κ2) is 5.84. The highest BCUT2D eigenvalue weighted by Gasteiger charge is 2.07. The minimum Gasteiger partial charge on any atom is -0.497 e. The Balaban J connectivity index is 2.26. The van der Waals surface area contributed by atoms with Gasteiger partial charge in [0.1, 0.15) is 11.5 Å². The average Bonchev–Trinajstić information content (AvgIpc) is 2.41. The largest absolute Gasteiger partial charge is 0.497 e. The van der Waals surface area contributed by atoms with Crippen LogP contribution in [0.25, 0.3) is 0 Å². The standard InChI is InChI=1S/C14H12BrNO3/c1-9(17)10-5-6-16-14(7-10)19-13-4-3-11(18-2)8-12(13)15/h3-8H,1-2H3.